The zero-order chi connectivity index (χ0) is 14.9. The maximum Gasteiger partial charge on any atom is 0.328 e. The Labute approximate surface area is 114 Å². The number of aliphatic hydroxyl groups excluding tert-OH is 1. The van der Waals surface area contributed by atoms with Crippen LogP contribution in [-0.2, 0) is 4.79 Å². The van der Waals surface area contributed by atoms with Gasteiger partial charge in [-0.15, -0.1) is 0 Å². The van der Waals surface area contributed by atoms with E-state index in [1.54, 1.807) is 23.6 Å². The zero-order valence-electron chi connectivity index (χ0n) is 11.1. The van der Waals surface area contributed by atoms with Gasteiger partial charge in [-0.1, -0.05) is 6.07 Å². The fraction of sp³-hybridized carbons (Fsp3) is 0.308. The van der Waals surface area contributed by atoms with E-state index in [2.05, 4.69) is 10.3 Å². The molecule has 0 aliphatic rings. The third kappa shape index (κ3) is 2.35. The predicted molar refractivity (Wildman–Crippen MR) is 70.6 cm³/mol. The second kappa shape index (κ2) is 5.30. The summed E-state index contributed by atoms with van der Waals surface area (Å²) in [7, 11) is 0. The van der Waals surface area contributed by atoms with E-state index < -0.39 is 24.5 Å². The maximum atomic E-state index is 12.2. The molecular weight excluding hydrogens is 262 g/mol. The van der Waals surface area contributed by atoms with Crippen LogP contribution < -0.4 is 5.32 Å². The molecule has 0 saturated carbocycles. The molecule has 0 fully saturated rings. The molecule has 20 heavy (non-hydrogen) atoms. The molecule has 0 aromatic carbocycles. The topological polar surface area (TPSA) is 104 Å². The molecule has 3 N–H and O–H groups in total. The number of hydrogen-bond donors (Lipinski definition) is 3. The van der Waals surface area contributed by atoms with Crippen LogP contribution in [0.25, 0.3) is 5.65 Å². The lowest BCUT2D eigenvalue weighted by molar-refractivity contribution is -0.140. The van der Waals surface area contributed by atoms with Crippen molar-refractivity contribution in [1.29, 1.82) is 0 Å². The molecule has 1 atom stereocenters. The molecule has 0 bridgehead atoms. The Morgan fingerprint density at radius 2 is 2.15 bits per heavy atom. The van der Waals surface area contributed by atoms with Gasteiger partial charge in [0, 0.05) is 6.20 Å². The van der Waals surface area contributed by atoms with Crippen LogP contribution in [0.15, 0.2) is 18.3 Å². The number of aromatic nitrogens is 2. The predicted octanol–water partition coefficient (Wildman–Crippen LogP) is 0.126. The van der Waals surface area contributed by atoms with E-state index in [1.807, 2.05) is 13.0 Å². The fourth-order valence-electron chi connectivity index (χ4n) is 2.00. The van der Waals surface area contributed by atoms with Gasteiger partial charge in [0.05, 0.1) is 12.3 Å². The minimum absolute atomic E-state index is 0.267. The van der Waals surface area contributed by atoms with E-state index in [4.69, 9.17) is 10.2 Å². The molecule has 7 heteroatoms. The molecule has 0 saturated heterocycles. The smallest absolute Gasteiger partial charge is 0.328 e. The number of aliphatic hydroxyl groups is 1. The van der Waals surface area contributed by atoms with Crippen molar-refractivity contribution in [2.24, 2.45) is 0 Å². The minimum Gasteiger partial charge on any atom is -0.480 e. The molecule has 2 aromatic rings. The highest BCUT2D eigenvalue weighted by atomic mass is 16.4. The number of fused-ring (bicyclic) bond motifs is 1. The number of nitrogens with one attached hydrogen (secondary N) is 1. The first-order valence-electron chi connectivity index (χ1n) is 6.04. The molecular formula is C13H15N3O4. The average Bonchev–Trinajstić information content (AvgIpc) is 2.73. The van der Waals surface area contributed by atoms with Crippen molar-refractivity contribution in [2.45, 2.75) is 19.9 Å². The number of nitrogens with zero attached hydrogens (tertiary/aromatic N) is 2. The van der Waals surface area contributed by atoms with Gasteiger partial charge < -0.3 is 15.5 Å². The summed E-state index contributed by atoms with van der Waals surface area (Å²) in [6.07, 6.45) is 1.69. The summed E-state index contributed by atoms with van der Waals surface area (Å²) in [6.45, 7) is 2.88. The van der Waals surface area contributed by atoms with Crippen molar-refractivity contribution >= 4 is 17.5 Å². The van der Waals surface area contributed by atoms with Gasteiger partial charge in [-0.2, -0.15) is 0 Å². The van der Waals surface area contributed by atoms with E-state index in [0.29, 0.717) is 11.3 Å². The number of carbonyl (C=O) groups excluding carboxylic acids is 1. The van der Waals surface area contributed by atoms with Crippen molar-refractivity contribution in [3.63, 3.8) is 0 Å². The molecule has 106 valence electrons. The second-order valence-electron chi connectivity index (χ2n) is 4.48. The maximum absolute atomic E-state index is 12.2. The Hall–Kier alpha value is -2.41. The first-order chi connectivity index (χ1) is 9.45. The van der Waals surface area contributed by atoms with Gasteiger partial charge in [0.2, 0.25) is 0 Å². The Morgan fingerprint density at radius 1 is 1.45 bits per heavy atom. The van der Waals surface area contributed by atoms with Gasteiger partial charge in [-0.25, -0.2) is 9.78 Å². The van der Waals surface area contributed by atoms with Gasteiger partial charge in [0.15, 0.2) is 6.04 Å². The van der Waals surface area contributed by atoms with Crippen LogP contribution in [0.5, 0.6) is 0 Å². The number of imidazole rings is 1. The third-order valence-electron chi connectivity index (χ3n) is 3.02. The standard InChI is InChI=1S/C13H15N3O4/c1-7-4-3-5-16-10(8(2)14-11(7)16)12(18)15-9(6-17)13(19)20/h3-5,9,17H,6H2,1-2H3,(H,15,18)(H,19,20). The Morgan fingerprint density at radius 3 is 2.75 bits per heavy atom. The van der Waals surface area contributed by atoms with E-state index in [9.17, 15) is 9.59 Å². The largest absolute Gasteiger partial charge is 0.480 e. The SMILES string of the molecule is Cc1nc2c(C)cccn2c1C(=O)NC(CO)C(=O)O. The number of carbonyl (C=O) groups is 2. The molecule has 0 radical (unpaired) electrons. The number of carboxylic acids is 1. The van der Waals surface area contributed by atoms with Crippen molar-refractivity contribution in [2.75, 3.05) is 6.61 Å². The van der Waals surface area contributed by atoms with Crippen molar-refractivity contribution in [3.05, 3.63) is 35.3 Å². The molecule has 0 aliphatic heterocycles. The summed E-state index contributed by atoms with van der Waals surface area (Å²) >= 11 is 0. The monoisotopic (exact) mass is 277 g/mol. The third-order valence-corrected chi connectivity index (χ3v) is 3.02. The van der Waals surface area contributed by atoms with E-state index in [1.165, 1.54) is 0 Å². The molecule has 2 heterocycles. The van der Waals surface area contributed by atoms with Crippen molar-refractivity contribution in [1.82, 2.24) is 14.7 Å². The molecule has 1 amide bonds. The summed E-state index contributed by atoms with van der Waals surface area (Å²) in [5.41, 5.74) is 2.32. The fourth-order valence-corrected chi connectivity index (χ4v) is 2.00. The van der Waals surface area contributed by atoms with E-state index >= 15 is 0 Å². The molecule has 2 aromatic heterocycles. The number of aliphatic carboxylic acids is 1. The lowest BCUT2D eigenvalue weighted by Gasteiger charge is -2.11. The van der Waals surface area contributed by atoms with Crippen molar-refractivity contribution in [3.8, 4) is 0 Å². The molecule has 0 aliphatic carbocycles. The minimum atomic E-state index is -1.34. The number of amides is 1. The summed E-state index contributed by atoms with van der Waals surface area (Å²) in [5, 5.41) is 20.1. The molecule has 0 spiro atoms. The van der Waals surface area contributed by atoms with Crippen LogP contribution in [0.4, 0.5) is 0 Å². The number of carboxylic acid groups (broad SMARTS) is 1. The quantitative estimate of drug-likeness (QED) is 0.736. The normalized spacial score (nSPS) is 12.3. The van der Waals surface area contributed by atoms with Crippen LogP contribution in [0.3, 0.4) is 0 Å². The van der Waals surface area contributed by atoms with E-state index in [-0.39, 0.29) is 5.69 Å². The highest BCUT2D eigenvalue weighted by molar-refractivity contribution is 5.97. The van der Waals surface area contributed by atoms with Gasteiger partial charge in [0.1, 0.15) is 11.3 Å². The highest BCUT2D eigenvalue weighted by Crippen LogP contribution is 2.15. The molecule has 1 unspecified atom stereocenters. The number of aryl methyl sites for hydroxylation is 2. The van der Waals surface area contributed by atoms with E-state index in [0.717, 1.165) is 5.56 Å². The number of hydrogen-bond acceptors (Lipinski definition) is 4. The van der Waals surface area contributed by atoms with Crippen LogP contribution in [0, 0.1) is 13.8 Å². The van der Waals surface area contributed by atoms with Crippen LogP contribution in [0.2, 0.25) is 0 Å². The summed E-state index contributed by atoms with van der Waals surface area (Å²) in [5.74, 6) is -1.87. The first kappa shape index (κ1) is 14.0. The zero-order valence-corrected chi connectivity index (χ0v) is 11.1. The highest BCUT2D eigenvalue weighted by Gasteiger charge is 2.23. The van der Waals surface area contributed by atoms with Crippen molar-refractivity contribution < 1.29 is 19.8 Å². The van der Waals surface area contributed by atoms with Crippen LogP contribution in [-0.4, -0.2) is 44.1 Å². The number of pyridine rings is 1. The van der Waals surface area contributed by atoms with Crippen LogP contribution in [0.1, 0.15) is 21.7 Å². The van der Waals surface area contributed by atoms with Gasteiger partial charge in [-0.05, 0) is 25.5 Å². The van der Waals surface area contributed by atoms with Crippen LogP contribution >= 0.6 is 0 Å². The van der Waals surface area contributed by atoms with Gasteiger partial charge in [0.25, 0.3) is 5.91 Å². The molecule has 7 nitrogen and oxygen atoms in total. The Bertz CT molecular complexity index is 678. The Balaban J connectivity index is 2.42. The lowest BCUT2D eigenvalue weighted by atomic mass is 10.2. The molecule has 2 rings (SSSR count). The number of rotatable bonds is 4. The lowest BCUT2D eigenvalue weighted by Crippen LogP contribution is -2.43. The Kier molecular flexibility index (Phi) is 3.71. The van der Waals surface area contributed by atoms with Gasteiger partial charge >= 0.3 is 5.97 Å². The summed E-state index contributed by atoms with van der Waals surface area (Å²) < 4.78 is 1.61. The average molecular weight is 277 g/mol. The van der Waals surface area contributed by atoms with Gasteiger partial charge in [-0.3, -0.25) is 9.20 Å². The summed E-state index contributed by atoms with van der Waals surface area (Å²) in [4.78, 5) is 27.3. The first-order valence-corrected chi connectivity index (χ1v) is 6.04. The second-order valence-corrected chi connectivity index (χ2v) is 4.48. The summed E-state index contributed by atoms with van der Waals surface area (Å²) in [6, 6.07) is 2.32.